The molecule has 0 radical (unpaired) electrons. The lowest BCUT2D eigenvalue weighted by Gasteiger charge is -2.04. The van der Waals surface area contributed by atoms with Gasteiger partial charge in [0.1, 0.15) is 0 Å². The van der Waals surface area contributed by atoms with Gasteiger partial charge in [-0.05, 0) is 59.0 Å². The Kier molecular flexibility index (Phi) is 3.68. The summed E-state index contributed by atoms with van der Waals surface area (Å²) in [5.41, 5.74) is 0.468. The van der Waals surface area contributed by atoms with Crippen LogP contribution in [0, 0.1) is 9.39 Å². The summed E-state index contributed by atoms with van der Waals surface area (Å²) in [6, 6.07) is 9.69. The van der Waals surface area contributed by atoms with Gasteiger partial charge in [-0.25, -0.2) is 9.37 Å². The number of anilines is 1. The van der Waals surface area contributed by atoms with E-state index in [0.717, 1.165) is 3.57 Å². The van der Waals surface area contributed by atoms with Crippen LogP contribution in [-0.4, -0.2) is 10.9 Å². The average Bonchev–Trinajstić information content (AvgIpc) is 2.33. The lowest BCUT2D eigenvalue weighted by molar-refractivity contribution is 0.102. The summed E-state index contributed by atoms with van der Waals surface area (Å²) >= 11 is 2.14. The minimum Gasteiger partial charge on any atom is -0.304 e. The van der Waals surface area contributed by atoms with Crippen LogP contribution in [0.2, 0.25) is 0 Å². The van der Waals surface area contributed by atoms with E-state index in [2.05, 4.69) is 32.9 Å². The fourth-order valence-corrected chi connectivity index (χ4v) is 1.62. The number of hydrogen-bond donors (Lipinski definition) is 1. The summed E-state index contributed by atoms with van der Waals surface area (Å²) in [5, 5.41) is 2.42. The molecular weight excluding hydrogens is 334 g/mol. The number of carbonyl (C=O) groups excluding carboxylic acids is 1. The zero-order valence-electron chi connectivity index (χ0n) is 8.65. The van der Waals surface area contributed by atoms with Gasteiger partial charge in [-0.2, -0.15) is 0 Å². The lowest BCUT2D eigenvalue weighted by atomic mass is 10.2. The maximum atomic E-state index is 13.3. The molecule has 0 aliphatic rings. The zero-order chi connectivity index (χ0) is 12.3. The molecule has 1 heterocycles. The third-order valence-corrected chi connectivity index (χ3v) is 2.82. The molecule has 0 atom stereocenters. The van der Waals surface area contributed by atoms with Gasteiger partial charge in [0.05, 0.1) is 0 Å². The molecule has 3 nitrogen and oxygen atoms in total. The van der Waals surface area contributed by atoms with Gasteiger partial charge in [0.15, 0.2) is 11.6 Å². The van der Waals surface area contributed by atoms with Gasteiger partial charge in [0.2, 0.25) is 0 Å². The van der Waals surface area contributed by atoms with Crippen LogP contribution in [0.4, 0.5) is 10.2 Å². The van der Waals surface area contributed by atoms with Crippen molar-refractivity contribution in [1.29, 1.82) is 0 Å². The smallest absolute Gasteiger partial charge is 0.256 e. The first kappa shape index (κ1) is 12.0. The van der Waals surface area contributed by atoms with Crippen molar-refractivity contribution in [2.24, 2.45) is 0 Å². The van der Waals surface area contributed by atoms with E-state index in [4.69, 9.17) is 0 Å². The maximum absolute atomic E-state index is 13.3. The van der Waals surface area contributed by atoms with E-state index >= 15 is 0 Å². The Morgan fingerprint density at radius 3 is 2.59 bits per heavy atom. The summed E-state index contributed by atoms with van der Waals surface area (Å²) in [5.74, 6) is -0.985. The highest BCUT2D eigenvalue weighted by molar-refractivity contribution is 14.1. The van der Waals surface area contributed by atoms with Gasteiger partial charge in [0, 0.05) is 15.3 Å². The van der Waals surface area contributed by atoms with Crippen LogP contribution in [0.5, 0.6) is 0 Å². The highest BCUT2D eigenvalue weighted by atomic mass is 127. The lowest BCUT2D eigenvalue weighted by Crippen LogP contribution is -2.13. The first-order chi connectivity index (χ1) is 8.16. The number of pyridine rings is 1. The largest absolute Gasteiger partial charge is 0.304 e. The minimum absolute atomic E-state index is 0.0592. The number of benzene rings is 1. The van der Waals surface area contributed by atoms with Crippen molar-refractivity contribution < 1.29 is 9.18 Å². The Hall–Kier alpha value is -1.50. The molecule has 1 aromatic heterocycles. The molecular formula is C12H8FIN2O. The van der Waals surface area contributed by atoms with E-state index in [1.165, 1.54) is 18.3 Å². The van der Waals surface area contributed by atoms with E-state index in [1.54, 1.807) is 12.1 Å². The van der Waals surface area contributed by atoms with Crippen molar-refractivity contribution >= 4 is 34.3 Å². The molecule has 1 amide bonds. The number of nitrogens with zero attached hydrogens (tertiary/aromatic N) is 1. The molecule has 17 heavy (non-hydrogen) atoms. The molecule has 0 fully saturated rings. The number of nitrogens with one attached hydrogen (secondary N) is 1. The van der Waals surface area contributed by atoms with Crippen molar-refractivity contribution in [3.63, 3.8) is 0 Å². The number of carbonyl (C=O) groups is 1. The van der Waals surface area contributed by atoms with E-state index in [9.17, 15) is 9.18 Å². The van der Waals surface area contributed by atoms with Crippen molar-refractivity contribution in [2.75, 3.05) is 5.32 Å². The number of amides is 1. The van der Waals surface area contributed by atoms with E-state index in [0.29, 0.717) is 5.56 Å². The summed E-state index contributed by atoms with van der Waals surface area (Å²) < 4.78 is 14.3. The van der Waals surface area contributed by atoms with Gasteiger partial charge in [0.25, 0.3) is 5.91 Å². The third-order valence-electron chi connectivity index (χ3n) is 2.10. The number of rotatable bonds is 2. The van der Waals surface area contributed by atoms with Crippen LogP contribution in [0.15, 0.2) is 42.6 Å². The normalized spacial score (nSPS) is 10.0. The van der Waals surface area contributed by atoms with Crippen molar-refractivity contribution in [2.45, 2.75) is 0 Å². The molecule has 0 aliphatic heterocycles. The second kappa shape index (κ2) is 5.22. The third kappa shape index (κ3) is 3.00. The molecule has 86 valence electrons. The first-order valence-corrected chi connectivity index (χ1v) is 5.92. The van der Waals surface area contributed by atoms with Crippen molar-refractivity contribution in [3.8, 4) is 0 Å². The SMILES string of the molecule is O=C(Nc1ncccc1F)c1ccc(I)cc1. The predicted octanol–water partition coefficient (Wildman–Crippen LogP) is 3.08. The molecule has 0 spiro atoms. The zero-order valence-corrected chi connectivity index (χ0v) is 10.8. The molecule has 1 N–H and O–H groups in total. The fraction of sp³-hybridized carbons (Fsp3) is 0. The van der Waals surface area contributed by atoms with Gasteiger partial charge in [-0.3, -0.25) is 4.79 Å². The molecule has 2 rings (SSSR count). The number of hydrogen-bond acceptors (Lipinski definition) is 2. The van der Waals surface area contributed by atoms with E-state index in [1.807, 2.05) is 12.1 Å². The van der Waals surface area contributed by atoms with Gasteiger partial charge in [-0.15, -0.1) is 0 Å². The number of aromatic nitrogens is 1. The molecule has 5 heteroatoms. The van der Waals surface area contributed by atoms with E-state index < -0.39 is 5.82 Å². The summed E-state index contributed by atoms with van der Waals surface area (Å²) in [7, 11) is 0. The summed E-state index contributed by atoms with van der Waals surface area (Å²) in [6.07, 6.45) is 1.42. The topological polar surface area (TPSA) is 42.0 Å². The minimum atomic E-state index is -0.550. The molecule has 1 aromatic carbocycles. The van der Waals surface area contributed by atoms with Crippen LogP contribution in [0.1, 0.15) is 10.4 Å². The molecule has 0 saturated carbocycles. The van der Waals surface area contributed by atoms with Crippen LogP contribution in [0.3, 0.4) is 0 Å². The Labute approximate surface area is 111 Å². The van der Waals surface area contributed by atoms with Gasteiger partial charge < -0.3 is 5.32 Å². The van der Waals surface area contributed by atoms with Crippen LogP contribution in [-0.2, 0) is 0 Å². The fourth-order valence-electron chi connectivity index (χ4n) is 1.26. The highest BCUT2D eigenvalue weighted by Gasteiger charge is 2.09. The van der Waals surface area contributed by atoms with Crippen LogP contribution < -0.4 is 5.32 Å². The van der Waals surface area contributed by atoms with Gasteiger partial charge in [-0.1, -0.05) is 0 Å². The highest BCUT2D eigenvalue weighted by Crippen LogP contribution is 2.12. The van der Waals surface area contributed by atoms with Crippen molar-refractivity contribution in [1.82, 2.24) is 4.98 Å². The first-order valence-electron chi connectivity index (χ1n) is 4.84. The second-order valence-electron chi connectivity index (χ2n) is 3.29. The van der Waals surface area contributed by atoms with Gasteiger partial charge >= 0.3 is 0 Å². The Balaban J connectivity index is 2.17. The molecule has 2 aromatic rings. The maximum Gasteiger partial charge on any atom is 0.256 e. The molecule has 0 unspecified atom stereocenters. The predicted molar refractivity (Wildman–Crippen MR) is 71.3 cm³/mol. The standard InChI is InChI=1S/C12H8FIN2O/c13-10-2-1-7-15-11(10)16-12(17)8-3-5-9(14)6-4-8/h1-7H,(H,15,16,17). The number of halogens is 2. The average molecular weight is 342 g/mol. The second-order valence-corrected chi connectivity index (χ2v) is 4.54. The van der Waals surface area contributed by atoms with E-state index in [-0.39, 0.29) is 11.7 Å². The Morgan fingerprint density at radius 2 is 1.94 bits per heavy atom. The molecule has 0 aliphatic carbocycles. The molecule has 0 saturated heterocycles. The Bertz CT molecular complexity index is 542. The summed E-state index contributed by atoms with van der Waals surface area (Å²) in [4.78, 5) is 15.5. The molecule has 0 bridgehead atoms. The van der Waals surface area contributed by atoms with Crippen molar-refractivity contribution in [3.05, 3.63) is 57.5 Å². The quantitative estimate of drug-likeness (QED) is 0.853. The van der Waals surface area contributed by atoms with Crippen LogP contribution in [0.25, 0.3) is 0 Å². The van der Waals surface area contributed by atoms with Crippen LogP contribution >= 0.6 is 22.6 Å². The monoisotopic (exact) mass is 342 g/mol. The summed E-state index contributed by atoms with van der Waals surface area (Å²) in [6.45, 7) is 0. The Morgan fingerprint density at radius 1 is 1.24 bits per heavy atom.